The van der Waals surface area contributed by atoms with Crippen LogP contribution in [0.3, 0.4) is 0 Å². The quantitative estimate of drug-likeness (QED) is 0.0281. The molecule has 2 atom stereocenters. The average Bonchev–Trinajstić information content (AvgIpc) is 3.16. The van der Waals surface area contributed by atoms with Gasteiger partial charge in [0.25, 0.3) is 0 Å². The first-order valence-electron chi connectivity index (χ1n) is 22.8. The summed E-state index contributed by atoms with van der Waals surface area (Å²) in [6, 6.07) is 0. The molecular formula is C46H85O8P. The van der Waals surface area contributed by atoms with Crippen molar-refractivity contribution in [3.63, 3.8) is 0 Å². The fourth-order valence-electron chi connectivity index (χ4n) is 6.30. The van der Waals surface area contributed by atoms with Gasteiger partial charge in [0.15, 0.2) is 6.10 Å². The smallest absolute Gasteiger partial charge is 0.462 e. The third-order valence-corrected chi connectivity index (χ3v) is 10.7. The van der Waals surface area contributed by atoms with Crippen molar-refractivity contribution in [2.75, 3.05) is 19.8 Å². The zero-order valence-electron chi connectivity index (χ0n) is 35.8. The van der Waals surface area contributed by atoms with E-state index in [-0.39, 0.29) is 32.0 Å². The lowest BCUT2D eigenvalue weighted by Crippen LogP contribution is -2.29. The molecule has 0 saturated heterocycles. The van der Waals surface area contributed by atoms with E-state index in [9.17, 15) is 19.0 Å². The largest absolute Gasteiger partial charge is 0.472 e. The van der Waals surface area contributed by atoms with Gasteiger partial charge < -0.3 is 14.4 Å². The van der Waals surface area contributed by atoms with Gasteiger partial charge in [-0.3, -0.25) is 18.6 Å². The van der Waals surface area contributed by atoms with Crippen LogP contribution in [0.1, 0.15) is 220 Å². The lowest BCUT2D eigenvalue weighted by atomic mass is 10.1. The molecule has 0 spiro atoms. The van der Waals surface area contributed by atoms with Crippen molar-refractivity contribution in [3.05, 3.63) is 36.5 Å². The molecule has 322 valence electrons. The van der Waals surface area contributed by atoms with Crippen molar-refractivity contribution >= 4 is 19.8 Å². The van der Waals surface area contributed by atoms with Gasteiger partial charge in [0.2, 0.25) is 0 Å². The van der Waals surface area contributed by atoms with E-state index in [0.29, 0.717) is 6.42 Å². The Morgan fingerprint density at radius 2 is 0.873 bits per heavy atom. The fourth-order valence-corrected chi connectivity index (χ4v) is 7.06. The molecule has 0 aliphatic carbocycles. The minimum Gasteiger partial charge on any atom is -0.462 e. The van der Waals surface area contributed by atoms with Gasteiger partial charge in [-0.05, 0) is 77.6 Å². The second-order valence-electron chi connectivity index (χ2n) is 15.1. The van der Waals surface area contributed by atoms with Gasteiger partial charge in [0.05, 0.1) is 13.2 Å². The van der Waals surface area contributed by atoms with Gasteiger partial charge in [-0.25, -0.2) is 4.57 Å². The molecular weight excluding hydrogens is 711 g/mol. The average molecular weight is 797 g/mol. The summed E-state index contributed by atoms with van der Waals surface area (Å²) in [5.74, 6) is -0.807. The monoisotopic (exact) mass is 797 g/mol. The number of carbonyl (C=O) groups is 2. The molecule has 0 bridgehead atoms. The number of carbonyl (C=O) groups excluding carboxylic acids is 2. The summed E-state index contributed by atoms with van der Waals surface area (Å²) < 4.78 is 32.7. The first-order valence-corrected chi connectivity index (χ1v) is 24.3. The summed E-state index contributed by atoms with van der Waals surface area (Å²) in [4.78, 5) is 34.8. The predicted octanol–water partition coefficient (Wildman–Crippen LogP) is 14.4. The molecule has 0 aliphatic heterocycles. The second kappa shape index (κ2) is 41.9. The third-order valence-electron chi connectivity index (χ3n) is 9.67. The van der Waals surface area contributed by atoms with Crippen LogP contribution in [-0.2, 0) is 32.7 Å². The number of hydrogen-bond donors (Lipinski definition) is 1. The summed E-state index contributed by atoms with van der Waals surface area (Å²) >= 11 is 0. The molecule has 0 aliphatic rings. The van der Waals surface area contributed by atoms with Crippen molar-refractivity contribution in [2.24, 2.45) is 0 Å². The highest BCUT2D eigenvalue weighted by molar-refractivity contribution is 7.47. The van der Waals surface area contributed by atoms with Crippen molar-refractivity contribution in [1.82, 2.24) is 0 Å². The van der Waals surface area contributed by atoms with E-state index in [1.54, 1.807) is 6.92 Å². The van der Waals surface area contributed by atoms with Crippen LogP contribution in [0.15, 0.2) is 36.5 Å². The van der Waals surface area contributed by atoms with Crippen LogP contribution in [0.4, 0.5) is 0 Å². The number of allylic oxidation sites excluding steroid dienone is 6. The highest BCUT2D eigenvalue weighted by atomic mass is 31.2. The highest BCUT2D eigenvalue weighted by Gasteiger charge is 2.25. The van der Waals surface area contributed by atoms with Crippen LogP contribution < -0.4 is 0 Å². The van der Waals surface area contributed by atoms with E-state index in [0.717, 1.165) is 51.4 Å². The van der Waals surface area contributed by atoms with Crippen molar-refractivity contribution in [1.29, 1.82) is 0 Å². The summed E-state index contributed by atoms with van der Waals surface area (Å²) in [5, 5.41) is 0. The predicted molar refractivity (Wildman–Crippen MR) is 230 cm³/mol. The molecule has 0 aromatic carbocycles. The molecule has 0 heterocycles. The van der Waals surface area contributed by atoms with E-state index in [1.165, 1.54) is 128 Å². The maximum Gasteiger partial charge on any atom is 0.472 e. The van der Waals surface area contributed by atoms with Gasteiger partial charge in [0, 0.05) is 12.8 Å². The van der Waals surface area contributed by atoms with Crippen LogP contribution in [0.5, 0.6) is 0 Å². The summed E-state index contributed by atoms with van der Waals surface area (Å²) in [6.45, 7) is 5.46. The molecule has 1 N–H and O–H groups in total. The van der Waals surface area contributed by atoms with Gasteiger partial charge >= 0.3 is 19.8 Å². The lowest BCUT2D eigenvalue weighted by Gasteiger charge is -2.19. The highest BCUT2D eigenvalue weighted by Crippen LogP contribution is 2.43. The van der Waals surface area contributed by atoms with Crippen LogP contribution in [-0.4, -0.2) is 42.8 Å². The fraction of sp³-hybridized carbons (Fsp3) is 0.826. The van der Waals surface area contributed by atoms with Crippen molar-refractivity contribution in [3.8, 4) is 0 Å². The Kier molecular flexibility index (Phi) is 40.6. The summed E-state index contributed by atoms with van der Waals surface area (Å²) in [6.07, 6.45) is 47.6. The number of rotatable bonds is 42. The van der Waals surface area contributed by atoms with Gasteiger partial charge in [0.1, 0.15) is 6.61 Å². The number of unbranched alkanes of at least 4 members (excludes halogenated alkanes) is 24. The number of esters is 2. The third kappa shape index (κ3) is 41.7. The summed E-state index contributed by atoms with van der Waals surface area (Å²) in [7, 11) is -4.28. The zero-order valence-corrected chi connectivity index (χ0v) is 36.7. The SMILES string of the molecule is CCCCCC/C=C\C/C=C\CCCCCCCCCC(=O)OC(COC(=O)CCCCCCCCC/C=C\CCCCCCCC)COP(=O)(O)OCC. The van der Waals surface area contributed by atoms with E-state index in [4.69, 9.17) is 18.5 Å². The topological polar surface area (TPSA) is 108 Å². The number of phosphoric ester groups is 1. The molecule has 0 saturated carbocycles. The Labute approximate surface area is 338 Å². The Morgan fingerprint density at radius 3 is 1.33 bits per heavy atom. The Morgan fingerprint density at radius 1 is 0.491 bits per heavy atom. The molecule has 0 aromatic heterocycles. The minimum absolute atomic E-state index is 0.00184. The minimum atomic E-state index is -4.28. The van der Waals surface area contributed by atoms with Crippen molar-refractivity contribution in [2.45, 2.75) is 226 Å². The molecule has 8 nitrogen and oxygen atoms in total. The van der Waals surface area contributed by atoms with Gasteiger partial charge in [-0.15, -0.1) is 0 Å². The molecule has 2 unspecified atom stereocenters. The van der Waals surface area contributed by atoms with E-state index < -0.39 is 26.5 Å². The lowest BCUT2D eigenvalue weighted by molar-refractivity contribution is -0.161. The van der Waals surface area contributed by atoms with Gasteiger partial charge in [-0.1, -0.05) is 166 Å². The first-order chi connectivity index (χ1) is 26.8. The molecule has 9 heteroatoms. The number of hydrogen-bond acceptors (Lipinski definition) is 7. The molecule has 0 rings (SSSR count). The molecule has 0 radical (unpaired) electrons. The maximum atomic E-state index is 12.6. The Balaban J connectivity index is 4.07. The van der Waals surface area contributed by atoms with Crippen LogP contribution in [0.25, 0.3) is 0 Å². The molecule has 0 aromatic rings. The second-order valence-corrected chi connectivity index (χ2v) is 16.5. The van der Waals surface area contributed by atoms with E-state index >= 15 is 0 Å². The van der Waals surface area contributed by atoms with E-state index in [1.807, 2.05) is 0 Å². The molecule has 0 fully saturated rings. The van der Waals surface area contributed by atoms with Crippen LogP contribution in [0.2, 0.25) is 0 Å². The van der Waals surface area contributed by atoms with E-state index in [2.05, 4.69) is 50.3 Å². The normalized spacial score (nSPS) is 13.6. The zero-order chi connectivity index (χ0) is 40.3. The van der Waals surface area contributed by atoms with Crippen LogP contribution in [0, 0.1) is 0 Å². The maximum absolute atomic E-state index is 12.6. The summed E-state index contributed by atoms with van der Waals surface area (Å²) in [5.41, 5.74) is 0. The number of ether oxygens (including phenoxy) is 2. The standard InChI is InChI=1S/C46H85O8P/c1-4-7-9-11-13-15-17-19-21-23-25-27-29-31-33-35-37-39-41-46(48)54-44(43-53-55(49,50)52-6-3)42-51-45(47)40-38-36-34-32-30-28-26-24-22-20-18-16-14-12-10-8-5-2/h15,17,20-23,44H,4-14,16,18-19,24-43H2,1-3H3,(H,49,50)/b17-15-,22-20-,23-21-. The molecule has 55 heavy (non-hydrogen) atoms. The number of phosphoric acid groups is 1. The van der Waals surface area contributed by atoms with Crippen molar-refractivity contribution < 1.29 is 37.6 Å². The Hall–Kier alpha value is -1.73. The van der Waals surface area contributed by atoms with Gasteiger partial charge in [-0.2, -0.15) is 0 Å². The molecule has 0 amide bonds. The van der Waals surface area contributed by atoms with Crippen LogP contribution >= 0.6 is 7.82 Å². The Bertz CT molecular complexity index is 994. The first kappa shape index (κ1) is 53.3.